The average Bonchev–Trinajstić information content (AvgIpc) is 2.99. The van der Waals surface area contributed by atoms with Gasteiger partial charge in [-0.25, -0.2) is 4.39 Å². The molecule has 1 atom stereocenters. The zero-order valence-electron chi connectivity index (χ0n) is 13.6. The molecule has 2 aromatic carbocycles. The van der Waals surface area contributed by atoms with Gasteiger partial charge < -0.3 is 4.57 Å². The van der Waals surface area contributed by atoms with Crippen LogP contribution < -0.4 is 0 Å². The summed E-state index contributed by atoms with van der Waals surface area (Å²) in [5.41, 5.74) is 3.74. The molecule has 2 nitrogen and oxygen atoms in total. The predicted molar refractivity (Wildman–Crippen MR) is 94.1 cm³/mol. The van der Waals surface area contributed by atoms with Gasteiger partial charge in [0.05, 0.1) is 6.04 Å². The Kier molecular flexibility index (Phi) is 4.18. The molecule has 0 aliphatic carbocycles. The molecule has 0 fully saturated rings. The van der Waals surface area contributed by atoms with E-state index >= 15 is 0 Å². The minimum absolute atomic E-state index is 0.156. The van der Waals surface area contributed by atoms with E-state index in [1.165, 1.54) is 11.3 Å². The second kappa shape index (κ2) is 6.62. The first-order valence-electron chi connectivity index (χ1n) is 8.50. The van der Waals surface area contributed by atoms with Crippen molar-refractivity contribution in [2.24, 2.45) is 0 Å². The van der Waals surface area contributed by atoms with Crippen LogP contribution in [0.25, 0.3) is 0 Å². The second-order valence-corrected chi connectivity index (χ2v) is 6.39. The monoisotopic (exact) mass is 320 g/mol. The highest BCUT2D eigenvalue weighted by Gasteiger charge is 2.27. The molecule has 4 rings (SSSR count). The molecule has 0 spiro atoms. The molecule has 3 heteroatoms. The maximum absolute atomic E-state index is 13.4. The summed E-state index contributed by atoms with van der Waals surface area (Å²) in [6.07, 6.45) is 3.27. The van der Waals surface area contributed by atoms with Gasteiger partial charge in [-0.1, -0.05) is 42.5 Å². The molecule has 0 bridgehead atoms. The van der Waals surface area contributed by atoms with E-state index in [4.69, 9.17) is 0 Å². The fourth-order valence-corrected chi connectivity index (χ4v) is 3.65. The molecule has 24 heavy (non-hydrogen) atoms. The molecular weight excluding hydrogens is 299 g/mol. The fraction of sp³-hybridized carbons (Fsp3) is 0.238. The quantitative estimate of drug-likeness (QED) is 0.683. The Hall–Kier alpha value is -2.39. The molecule has 0 saturated carbocycles. The Morgan fingerprint density at radius 1 is 0.875 bits per heavy atom. The van der Waals surface area contributed by atoms with Crippen molar-refractivity contribution in [2.75, 3.05) is 6.54 Å². The summed E-state index contributed by atoms with van der Waals surface area (Å²) >= 11 is 0. The van der Waals surface area contributed by atoms with Gasteiger partial charge in [-0.2, -0.15) is 0 Å². The van der Waals surface area contributed by atoms with Crippen molar-refractivity contribution in [1.29, 1.82) is 0 Å². The third kappa shape index (κ3) is 3.00. The van der Waals surface area contributed by atoms with Crippen LogP contribution in [0.1, 0.15) is 29.3 Å². The Bertz CT molecular complexity index is 792. The number of aryl methyl sites for hydroxylation is 1. The van der Waals surface area contributed by atoms with E-state index in [1.807, 2.05) is 12.1 Å². The fourth-order valence-electron chi connectivity index (χ4n) is 3.65. The lowest BCUT2D eigenvalue weighted by Gasteiger charge is -2.30. The van der Waals surface area contributed by atoms with Gasteiger partial charge in [0.25, 0.3) is 0 Å². The SMILES string of the molecule is Fc1ccc(C2c3cccn3CCCN2Cc2ccccc2)cc1. The van der Waals surface area contributed by atoms with Crippen molar-refractivity contribution in [2.45, 2.75) is 25.6 Å². The van der Waals surface area contributed by atoms with Crippen molar-refractivity contribution >= 4 is 0 Å². The summed E-state index contributed by atoms with van der Waals surface area (Å²) in [5, 5.41) is 0. The first-order chi connectivity index (χ1) is 11.8. The van der Waals surface area contributed by atoms with E-state index in [0.717, 1.165) is 31.6 Å². The third-order valence-corrected chi connectivity index (χ3v) is 4.77. The number of fused-ring (bicyclic) bond motifs is 1. The molecule has 3 aromatic rings. The molecule has 0 N–H and O–H groups in total. The highest BCUT2D eigenvalue weighted by Crippen LogP contribution is 2.33. The van der Waals surface area contributed by atoms with Gasteiger partial charge in [0, 0.05) is 31.5 Å². The summed E-state index contributed by atoms with van der Waals surface area (Å²) in [7, 11) is 0. The van der Waals surface area contributed by atoms with Crippen LogP contribution in [0, 0.1) is 5.82 Å². The number of nitrogens with zero attached hydrogens (tertiary/aromatic N) is 2. The van der Waals surface area contributed by atoms with Crippen molar-refractivity contribution in [3.8, 4) is 0 Å². The van der Waals surface area contributed by atoms with E-state index in [2.05, 4.69) is 58.1 Å². The van der Waals surface area contributed by atoms with Gasteiger partial charge in [-0.3, -0.25) is 4.90 Å². The normalized spacial score (nSPS) is 18.1. The topological polar surface area (TPSA) is 8.17 Å². The van der Waals surface area contributed by atoms with Crippen molar-refractivity contribution in [1.82, 2.24) is 9.47 Å². The molecule has 2 heterocycles. The summed E-state index contributed by atoms with van der Waals surface area (Å²) in [4.78, 5) is 2.50. The van der Waals surface area contributed by atoms with E-state index < -0.39 is 0 Å². The van der Waals surface area contributed by atoms with Crippen LogP contribution in [-0.2, 0) is 13.1 Å². The lowest BCUT2D eigenvalue weighted by Crippen LogP contribution is -2.29. The summed E-state index contributed by atoms with van der Waals surface area (Å²) in [6, 6.07) is 22.0. The predicted octanol–water partition coefficient (Wildman–Crippen LogP) is 4.62. The first kappa shape index (κ1) is 15.2. The van der Waals surface area contributed by atoms with Gasteiger partial charge >= 0.3 is 0 Å². The van der Waals surface area contributed by atoms with E-state index in [-0.39, 0.29) is 11.9 Å². The van der Waals surface area contributed by atoms with E-state index in [9.17, 15) is 4.39 Å². The molecule has 122 valence electrons. The summed E-state index contributed by atoms with van der Waals surface area (Å²) < 4.78 is 15.7. The average molecular weight is 320 g/mol. The van der Waals surface area contributed by atoms with Crippen molar-refractivity contribution in [3.05, 3.63) is 95.6 Å². The molecule has 1 aliphatic heterocycles. The molecule has 0 saturated heterocycles. The van der Waals surface area contributed by atoms with Crippen LogP contribution in [0.3, 0.4) is 0 Å². The lowest BCUT2D eigenvalue weighted by molar-refractivity contribution is 0.220. The van der Waals surface area contributed by atoms with E-state index in [1.54, 1.807) is 12.1 Å². The number of rotatable bonds is 3. The highest BCUT2D eigenvalue weighted by molar-refractivity contribution is 5.30. The molecule has 0 radical (unpaired) electrons. The van der Waals surface area contributed by atoms with E-state index in [0.29, 0.717) is 0 Å². The molecule has 1 unspecified atom stereocenters. The Morgan fingerprint density at radius 3 is 2.46 bits per heavy atom. The molecule has 1 aliphatic rings. The minimum atomic E-state index is -0.183. The minimum Gasteiger partial charge on any atom is -0.350 e. The summed E-state index contributed by atoms with van der Waals surface area (Å²) in [6.45, 7) is 2.96. The third-order valence-electron chi connectivity index (χ3n) is 4.77. The van der Waals surface area contributed by atoms with Crippen LogP contribution >= 0.6 is 0 Å². The maximum atomic E-state index is 13.4. The number of benzene rings is 2. The maximum Gasteiger partial charge on any atom is 0.123 e. The van der Waals surface area contributed by atoms with Gasteiger partial charge in [-0.15, -0.1) is 0 Å². The van der Waals surface area contributed by atoms with Crippen LogP contribution in [0.5, 0.6) is 0 Å². The first-order valence-corrected chi connectivity index (χ1v) is 8.50. The lowest BCUT2D eigenvalue weighted by atomic mass is 10.0. The number of aromatic nitrogens is 1. The van der Waals surface area contributed by atoms with Crippen LogP contribution in [0.4, 0.5) is 4.39 Å². The molecular formula is C21H21FN2. The zero-order valence-corrected chi connectivity index (χ0v) is 13.6. The van der Waals surface area contributed by atoms with Crippen molar-refractivity contribution < 1.29 is 4.39 Å². The van der Waals surface area contributed by atoms with Gasteiger partial charge in [0.15, 0.2) is 0 Å². The van der Waals surface area contributed by atoms with Crippen molar-refractivity contribution in [3.63, 3.8) is 0 Å². The van der Waals surface area contributed by atoms with Gasteiger partial charge in [-0.05, 0) is 41.8 Å². The Morgan fingerprint density at radius 2 is 1.67 bits per heavy atom. The summed E-state index contributed by atoms with van der Waals surface area (Å²) in [5.74, 6) is -0.183. The highest BCUT2D eigenvalue weighted by atomic mass is 19.1. The van der Waals surface area contributed by atoms with Gasteiger partial charge in [0.1, 0.15) is 5.82 Å². The Balaban J connectivity index is 1.74. The van der Waals surface area contributed by atoms with Crippen LogP contribution in [-0.4, -0.2) is 16.0 Å². The standard InChI is InChI=1S/C21H21FN2/c22-19-11-9-18(10-12-19)21-20-8-4-13-23(20)14-5-15-24(21)16-17-6-2-1-3-7-17/h1-4,6-13,21H,5,14-16H2. The number of halogens is 1. The van der Waals surface area contributed by atoms with Gasteiger partial charge in [0.2, 0.25) is 0 Å². The van der Waals surface area contributed by atoms with Crippen LogP contribution in [0.2, 0.25) is 0 Å². The number of hydrogen-bond donors (Lipinski definition) is 0. The smallest absolute Gasteiger partial charge is 0.123 e. The zero-order chi connectivity index (χ0) is 16.4. The van der Waals surface area contributed by atoms with Crippen LogP contribution in [0.15, 0.2) is 72.9 Å². The number of hydrogen-bond acceptors (Lipinski definition) is 1. The Labute approximate surface area is 142 Å². The molecule has 0 amide bonds. The molecule has 1 aromatic heterocycles. The largest absolute Gasteiger partial charge is 0.350 e. The second-order valence-electron chi connectivity index (χ2n) is 6.39.